The number of anilines is 1. The average molecular weight is 256 g/mol. The van der Waals surface area contributed by atoms with Gasteiger partial charge in [-0.05, 0) is 30.0 Å². The fourth-order valence-corrected chi connectivity index (χ4v) is 2.70. The summed E-state index contributed by atoms with van der Waals surface area (Å²) in [6, 6.07) is 3.06. The quantitative estimate of drug-likeness (QED) is 0.759. The monoisotopic (exact) mass is 255 g/mol. The van der Waals surface area contributed by atoms with E-state index in [0.717, 1.165) is 16.5 Å². The zero-order valence-corrected chi connectivity index (χ0v) is 8.77. The maximum Gasteiger partial charge on any atom is 0.228 e. The van der Waals surface area contributed by atoms with Gasteiger partial charge in [-0.2, -0.15) is 0 Å². The molecule has 4 heteroatoms. The van der Waals surface area contributed by atoms with Crippen molar-refractivity contribution in [1.82, 2.24) is 0 Å². The lowest BCUT2D eigenvalue weighted by Crippen LogP contribution is -2.21. The lowest BCUT2D eigenvalue weighted by atomic mass is 10.0. The molecule has 2 nitrogen and oxygen atoms in total. The summed E-state index contributed by atoms with van der Waals surface area (Å²) in [7, 11) is 0. The first kappa shape index (κ1) is 8.41. The number of rotatable bonds is 0. The van der Waals surface area contributed by atoms with Gasteiger partial charge in [0.1, 0.15) is 5.82 Å². The Labute approximate surface area is 88.6 Å². The van der Waals surface area contributed by atoms with Crippen molar-refractivity contribution in [3.05, 3.63) is 28.0 Å². The second-order valence-corrected chi connectivity index (χ2v) is 4.61. The number of hydrogen-bond donors (Lipinski definition) is 1. The van der Waals surface area contributed by atoms with Crippen LogP contribution in [-0.2, 0) is 4.79 Å². The highest BCUT2D eigenvalue weighted by molar-refractivity contribution is 9.10. The van der Waals surface area contributed by atoms with Crippen LogP contribution >= 0.6 is 15.9 Å². The first-order chi connectivity index (χ1) is 6.68. The normalized spacial score (nSPS) is 27.7. The molecule has 2 unspecified atom stereocenters. The molecule has 1 aromatic rings. The zero-order chi connectivity index (χ0) is 9.87. The topological polar surface area (TPSA) is 29.1 Å². The van der Waals surface area contributed by atoms with Crippen LogP contribution in [0.1, 0.15) is 17.9 Å². The molecule has 2 aliphatic rings. The molecule has 3 rings (SSSR count). The Bertz CT molecular complexity index is 446. The molecule has 0 radical (unpaired) electrons. The first-order valence-electron chi connectivity index (χ1n) is 4.47. The summed E-state index contributed by atoms with van der Waals surface area (Å²) in [5.74, 6) is -0.0918. The van der Waals surface area contributed by atoms with E-state index in [1.54, 1.807) is 6.07 Å². The third-order valence-corrected chi connectivity index (χ3v) is 3.58. The molecule has 1 N–H and O–H groups in total. The smallest absolute Gasteiger partial charge is 0.228 e. The van der Waals surface area contributed by atoms with Crippen LogP contribution in [0.4, 0.5) is 10.1 Å². The first-order valence-corrected chi connectivity index (χ1v) is 5.26. The van der Waals surface area contributed by atoms with E-state index >= 15 is 0 Å². The maximum atomic E-state index is 13.4. The van der Waals surface area contributed by atoms with E-state index in [4.69, 9.17) is 0 Å². The van der Waals surface area contributed by atoms with E-state index in [1.165, 1.54) is 6.07 Å². The van der Waals surface area contributed by atoms with E-state index < -0.39 is 0 Å². The van der Waals surface area contributed by atoms with Crippen LogP contribution in [0, 0.1) is 11.7 Å². The van der Waals surface area contributed by atoms with E-state index in [2.05, 4.69) is 21.2 Å². The molecule has 1 aromatic carbocycles. The molecule has 14 heavy (non-hydrogen) atoms. The van der Waals surface area contributed by atoms with Crippen molar-refractivity contribution in [3.63, 3.8) is 0 Å². The minimum atomic E-state index is -0.345. The molecule has 0 spiro atoms. The predicted octanol–water partition coefficient (Wildman–Crippen LogP) is 2.64. The van der Waals surface area contributed by atoms with Gasteiger partial charge in [-0.3, -0.25) is 4.79 Å². The molecule has 2 atom stereocenters. The van der Waals surface area contributed by atoms with Crippen LogP contribution in [0.3, 0.4) is 0 Å². The van der Waals surface area contributed by atoms with Crippen LogP contribution in [0.2, 0.25) is 0 Å². The molecular formula is C10H7BrFNO. The fraction of sp³-hybridized carbons (Fsp3) is 0.300. The van der Waals surface area contributed by atoms with Gasteiger partial charge in [0.15, 0.2) is 0 Å². The van der Waals surface area contributed by atoms with Crippen molar-refractivity contribution < 1.29 is 9.18 Å². The van der Waals surface area contributed by atoms with Crippen molar-refractivity contribution in [3.8, 4) is 0 Å². The molecule has 0 aromatic heterocycles. The third kappa shape index (κ3) is 0.974. The van der Waals surface area contributed by atoms with Crippen molar-refractivity contribution in [2.75, 3.05) is 5.32 Å². The van der Waals surface area contributed by atoms with Crippen molar-refractivity contribution >= 4 is 27.5 Å². The highest BCUT2D eigenvalue weighted by Crippen LogP contribution is 2.55. The number of hydrogen-bond acceptors (Lipinski definition) is 1. The molecule has 1 heterocycles. The van der Waals surface area contributed by atoms with Crippen LogP contribution in [0.15, 0.2) is 16.6 Å². The summed E-state index contributed by atoms with van der Waals surface area (Å²) in [5.41, 5.74) is 1.29. The van der Waals surface area contributed by atoms with E-state index in [1.807, 2.05) is 0 Å². The highest BCUT2D eigenvalue weighted by atomic mass is 79.9. The minimum absolute atomic E-state index is 0.0421. The molecule has 1 aliphatic carbocycles. The van der Waals surface area contributed by atoms with Crippen molar-refractivity contribution in [2.45, 2.75) is 12.3 Å². The Morgan fingerprint density at radius 3 is 3.00 bits per heavy atom. The molecule has 72 valence electrons. The van der Waals surface area contributed by atoms with Gasteiger partial charge in [0, 0.05) is 10.4 Å². The molecule has 0 saturated heterocycles. The summed E-state index contributed by atoms with van der Waals surface area (Å²) < 4.78 is 14.3. The Morgan fingerprint density at radius 2 is 2.21 bits per heavy atom. The fourth-order valence-electron chi connectivity index (χ4n) is 2.08. The second kappa shape index (κ2) is 2.57. The number of nitrogens with one attached hydrogen (secondary N) is 1. The van der Waals surface area contributed by atoms with Crippen LogP contribution in [-0.4, -0.2) is 5.91 Å². The second-order valence-electron chi connectivity index (χ2n) is 3.76. The highest BCUT2D eigenvalue weighted by Gasteiger charge is 2.49. The minimum Gasteiger partial charge on any atom is -0.323 e. The Kier molecular flexibility index (Phi) is 1.54. The zero-order valence-electron chi connectivity index (χ0n) is 7.18. The van der Waals surface area contributed by atoms with Gasteiger partial charge in [-0.1, -0.05) is 15.9 Å². The van der Waals surface area contributed by atoms with Gasteiger partial charge in [0.25, 0.3) is 0 Å². The SMILES string of the molecule is O=C1Nc2c(F)ccc(Br)c2C2CC12. The molecule has 0 bridgehead atoms. The molecule has 1 aliphatic heterocycles. The number of carbonyl (C=O) groups excluding carboxylic acids is 1. The maximum absolute atomic E-state index is 13.4. The number of amides is 1. The number of halogens is 2. The van der Waals surface area contributed by atoms with Gasteiger partial charge in [0.05, 0.1) is 5.69 Å². The van der Waals surface area contributed by atoms with E-state index in [9.17, 15) is 9.18 Å². The van der Waals surface area contributed by atoms with Crippen LogP contribution in [0.5, 0.6) is 0 Å². The lowest BCUT2D eigenvalue weighted by Gasteiger charge is -2.17. The van der Waals surface area contributed by atoms with Gasteiger partial charge < -0.3 is 5.32 Å². The number of benzene rings is 1. The molecule has 1 fully saturated rings. The van der Waals surface area contributed by atoms with E-state index in [-0.39, 0.29) is 23.6 Å². The van der Waals surface area contributed by atoms with Crippen LogP contribution < -0.4 is 5.32 Å². The predicted molar refractivity (Wildman–Crippen MR) is 53.6 cm³/mol. The summed E-state index contributed by atoms with van der Waals surface area (Å²) in [4.78, 5) is 11.4. The van der Waals surface area contributed by atoms with Gasteiger partial charge in [-0.25, -0.2) is 4.39 Å². The van der Waals surface area contributed by atoms with Gasteiger partial charge in [0.2, 0.25) is 5.91 Å². The average Bonchev–Trinajstić information content (AvgIpc) is 2.91. The lowest BCUT2D eigenvalue weighted by molar-refractivity contribution is -0.117. The van der Waals surface area contributed by atoms with Crippen molar-refractivity contribution in [2.24, 2.45) is 5.92 Å². The Morgan fingerprint density at radius 1 is 1.43 bits per heavy atom. The Hall–Kier alpha value is -0.900. The molecule has 1 saturated carbocycles. The van der Waals surface area contributed by atoms with Crippen molar-refractivity contribution in [1.29, 1.82) is 0 Å². The number of fused-ring (bicyclic) bond motifs is 3. The summed E-state index contributed by atoms with van der Waals surface area (Å²) >= 11 is 3.39. The third-order valence-electron chi connectivity index (χ3n) is 2.89. The van der Waals surface area contributed by atoms with Gasteiger partial charge in [-0.15, -0.1) is 0 Å². The standard InChI is InChI=1S/C10H7BrFNO/c11-6-1-2-7(12)9-8(6)4-3-5(4)10(14)13-9/h1-2,4-5H,3H2,(H,13,14). The van der Waals surface area contributed by atoms with E-state index in [0.29, 0.717) is 5.69 Å². The van der Waals surface area contributed by atoms with Crippen LogP contribution in [0.25, 0.3) is 0 Å². The van der Waals surface area contributed by atoms with Gasteiger partial charge >= 0.3 is 0 Å². The summed E-state index contributed by atoms with van der Waals surface area (Å²) in [5, 5.41) is 2.62. The molecule has 1 amide bonds. The largest absolute Gasteiger partial charge is 0.323 e. The Balaban J connectivity index is 2.24. The summed E-state index contributed by atoms with van der Waals surface area (Å²) in [6.45, 7) is 0. The summed E-state index contributed by atoms with van der Waals surface area (Å²) in [6.07, 6.45) is 0.848. The molecular weight excluding hydrogens is 249 g/mol. The number of carbonyl (C=O) groups is 1.